The maximum atomic E-state index is 11.6. The minimum absolute atomic E-state index is 0.208. The molecule has 19 heavy (non-hydrogen) atoms. The van der Waals surface area contributed by atoms with Gasteiger partial charge in [-0.1, -0.05) is 12.1 Å². The van der Waals surface area contributed by atoms with Gasteiger partial charge < -0.3 is 10.5 Å². The first kappa shape index (κ1) is 15.5. The fourth-order valence-electron chi connectivity index (χ4n) is 1.57. The molecule has 0 aliphatic carbocycles. The van der Waals surface area contributed by atoms with E-state index in [1.165, 1.54) is 5.56 Å². The summed E-state index contributed by atoms with van der Waals surface area (Å²) in [6.45, 7) is 7.51. The molecular formula is C15H24N2O2. The Labute approximate surface area is 115 Å². The Hall–Kier alpha value is -1.55. The van der Waals surface area contributed by atoms with E-state index in [0.29, 0.717) is 0 Å². The van der Waals surface area contributed by atoms with Crippen LogP contribution in [0.4, 0.5) is 10.5 Å². The number of carbonyl (C=O) groups excluding carboxylic acids is 1. The molecule has 0 spiro atoms. The number of hydrogen-bond donors (Lipinski definition) is 2. The van der Waals surface area contributed by atoms with E-state index in [4.69, 9.17) is 10.5 Å². The largest absolute Gasteiger partial charge is 0.444 e. The first-order valence-electron chi connectivity index (χ1n) is 6.61. The van der Waals surface area contributed by atoms with Crippen LogP contribution in [-0.4, -0.2) is 17.7 Å². The molecule has 3 N–H and O–H groups in total. The minimum atomic E-state index is -0.485. The lowest BCUT2D eigenvalue weighted by atomic mass is 10.1. The normalized spacial score (nSPS) is 12.9. The second-order valence-corrected chi connectivity index (χ2v) is 5.84. The van der Waals surface area contributed by atoms with Gasteiger partial charge in [0.15, 0.2) is 0 Å². The minimum Gasteiger partial charge on any atom is -0.444 e. The number of nitrogens with two attached hydrogens (primary N) is 1. The Morgan fingerprint density at radius 1 is 1.32 bits per heavy atom. The van der Waals surface area contributed by atoms with Crippen molar-refractivity contribution < 1.29 is 9.53 Å². The van der Waals surface area contributed by atoms with Crippen molar-refractivity contribution in [3.8, 4) is 0 Å². The van der Waals surface area contributed by atoms with Crippen LogP contribution >= 0.6 is 0 Å². The fourth-order valence-corrected chi connectivity index (χ4v) is 1.57. The van der Waals surface area contributed by atoms with E-state index >= 15 is 0 Å². The van der Waals surface area contributed by atoms with Crippen molar-refractivity contribution in [1.82, 2.24) is 0 Å². The van der Waals surface area contributed by atoms with Gasteiger partial charge in [0.2, 0.25) is 0 Å². The molecule has 4 heteroatoms. The molecule has 1 aromatic carbocycles. The second-order valence-electron chi connectivity index (χ2n) is 5.84. The van der Waals surface area contributed by atoms with Crippen molar-refractivity contribution in [2.45, 2.75) is 52.2 Å². The molecule has 0 fully saturated rings. The Bertz CT molecular complexity index is 405. The van der Waals surface area contributed by atoms with Crippen LogP contribution in [0.1, 0.15) is 39.7 Å². The van der Waals surface area contributed by atoms with Crippen LogP contribution in [0, 0.1) is 0 Å². The number of benzene rings is 1. The van der Waals surface area contributed by atoms with E-state index in [1.54, 1.807) is 0 Å². The zero-order valence-corrected chi connectivity index (χ0v) is 12.2. The number of anilines is 1. The van der Waals surface area contributed by atoms with Gasteiger partial charge in [-0.25, -0.2) is 4.79 Å². The van der Waals surface area contributed by atoms with Gasteiger partial charge in [-0.15, -0.1) is 0 Å². The van der Waals surface area contributed by atoms with Gasteiger partial charge in [0.25, 0.3) is 0 Å². The quantitative estimate of drug-likeness (QED) is 0.876. The summed E-state index contributed by atoms with van der Waals surface area (Å²) in [6, 6.07) is 7.95. The summed E-state index contributed by atoms with van der Waals surface area (Å²) in [6.07, 6.45) is 1.47. The average Bonchev–Trinajstić information content (AvgIpc) is 2.25. The Morgan fingerprint density at radius 2 is 1.89 bits per heavy atom. The number of rotatable bonds is 4. The van der Waals surface area contributed by atoms with Crippen LogP contribution in [-0.2, 0) is 11.2 Å². The zero-order chi connectivity index (χ0) is 14.5. The van der Waals surface area contributed by atoms with E-state index < -0.39 is 11.7 Å². The van der Waals surface area contributed by atoms with E-state index in [9.17, 15) is 4.79 Å². The Balaban J connectivity index is 2.50. The number of carbonyl (C=O) groups is 1. The highest BCUT2D eigenvalue weighted by atomic mass is 16.6. The van der Waals surface area contributed by atoms with Gasteiger partial charge in [0, 0.05) is 11.7 Å². The highest BCUT2D eigenvalue weighted by molar-refractivity contribution is 5.84. The standard InChI is InChI=1S/C15H24N2O2/c1-11(16)5-6-12-7-9-13(10-8-12)17-14(18)19-15(2,3)4/h7-11H,5-6,16H2,1-4H3,(H,17,18)/t11-/m0/s1. The Kier molecular flexibility index (Phi) is 5.36. The SMILES string of the molecule is C[C@H](N)CCc1ccc(NC(=O)OC(C)(C)C)cc1. The van der Waals surface area contributed by atoms with Crippen molar-refractivity contribution in [1.29, 1.82) is 0 Å². The molecule has 0 saturated heterocycles. The average molecular weight is 264 g/mol. The predicted octanol–water partition coefficient (Wildman–Crippen LogP) is 3.31. The Morgan fingerprint density at radius 3 is 2.37 bits per heavy atom. The molecule has 0 aliphatic heterocycles. The smallest absolute Gasteiger partial charge is 0.412 e. The van der Waals surface area contributed by atoms with Crippen molar-refractivity contribution in [2.24, 2.45) is 5.73 Å². The molecule has 1 atom stereocenters. The summed E-state index contributed by atoms with van der Waals surface area (Å²) >= 11 is 0. The molecule has 1 rings (SSSR count). The van der Waals surface area contributed by atoms with E-state index in [0.717, 1.165) is 18.5 Å². The van der Waals surface area contributed by atoms with Gasteiger partial charge in [0.1, 0.15) is 5.60 Å². The zero-order valence-electron chi connectivity index (χ0n) is 12.2. The maximum absolute atomic E-state index is 11.6. The summed E-state index contributed by atoms with van der Waals surface area (Å²) < 4.78 is 5.18. The van der Waals surface area contributed by atoms with E-state index in [1.807, 2.05) is 52.0 Å². The monoisotopic (exact) mass is 264 g/mol. The highest BCUT2D eigenvalue weighted by Crippen LogP contribution is 2.14. The van der Waals surface area contributed by atoms with Crippen LogP contribution < -0.4 is 11.1 Å². The molecule has 0 radical (unpaired) electrons. The third-order valence-corrected chi connectivity index (χ3v) is 2.49. The number of nitrogens with one attached hydrogen (secondary N) is 1. The molecule has 0 heterocycles. The van der Waals surface area contributed by atoms with Gasteiger partial charge in [-0.05, 0) is 58.2 Å². The van der Waals surface area contributed by atoms with Crippen molar-refractivity contribution in [2.75, 3.05) is 5.32 Å². The first-order chi connectivity index (χ1) is 8.76. The topological polar surface area (TPSA) is 64.3 Å². The predicted molar refractivity (Wildman–Crippen MR) is 78.3 cm³/mol. The van der Waals surface area contributed by atoms with Crippen LogP contribution in [0.25, 0.3) is 0 Å². The van der Waals surface area contributed by atoms with Crippen LogP contribution in [0.5, 0.6) is 0 Å². The van der Waals surface area contributed by atoms with Crippen molar-refractivity contribution in [3.05, 3.63) is 29.8 Å². The molecule has 4 nitrogen and oxygen atoms in total. The highest BCUT2D eigenvalue weighted by Gasteiger charge is 2.15. The molecule has 0 unspecified atom stereocenters. The van der Waals surface area contributed by atoms with E-state index in [2.05, 4.69) is 5.32 Å². The third-order valence-electron chi connectivity index (χ3n) is 2.49. The maximum Gasteiger partial charge on any atom is 0.412 e. The number of ether oxygens (including phenoxy) is 1. The molecule has 0 saturated carbocycles. The summed E-state index contributed by atoms with van der Waals surface area (Å²) in [7, 11) is 0. The summed E-state index contributed by atoms with van der Waals surface area (Å²) in [5.41, 5.74) is 7.19. The lowest BCUT2D eigenvalue weighted by molar-refractivity contribution is 0.0636. The summed E-state index contributed by atoms with van der Waals surface area (Å²) in [4.78, 5) is 11.6. The molecule has 0 aliphatic rings. The molecule has 1 amide bonds. The van der Waals surface area contributed by atoms with Crippen LogP contribution in [0.2, 0.25) is 0 Å². The van der Waals surface area contributed by atoms with Crippen LogP contribution in [0.3, 0.4) is 0 Å². The number of hydrogen-bond acceptors (Lipinski definition) is 3. The van der Waals surface area contributed by atoms with Crippen molar-refractivity contribution >= 4 is 11.8 Å². The fraction of sp³-hybridized carbons (Fsp3) is 0.533. The first-order valence-corrected chi connectivity index (χ1v) is 6.61. The lowest BCUT2D eigenvalue weighted by Gasteiger charge is -2.19. The van der Waals surface area contributed by atoms with Gasteiger partial charge in [-0.3, -0.25) is 5.32 Å². The summed E-state index contributed by atoms with van der Waals surface area (Å²) in [5.74, 6) is 0. The molecule has 1 aromatic rings. The van der Waals surface area contributed by atoms with Crippen molar-refractivity contribution in [3.63, 3.8) is 0 Å². The van der Waals surface area contributed by atoms with Gasteiger partial charge in [-0.2, -0.15) is 0 Å². The number of amides is 1. The molecule has 106 valence electrons. The van der Waals surface area contributed by atoms with Gasteiger partial charge in [0.05, 0.1) is 0 Å². The third kappa shape index (κ3) is 6.82. The molecule has 0 aromatic heterocycles. The van der Waals surface area contributed by atoms with E-state index in [-0.39, 0.29) is 6.04 Å². The lowest BCUT2D eigenvalue weighted by Crippen LogP contribution is -2.27. The molecule has 0 bridgehead atoms. The second kappa shape index (κ2) is 6.57. The van der Waals surface area contributed by atoms with Gasteiger partial charge >= 0.3 is 6.09 Å². The number of aryl methyl sites for hydroxylation is 1. The summed E-state index contributed by atoms with van der Waals surface area (Å²) in [5, 5.41) is 2.70. The molecular weight excluding hydrogens is 240 g/mol. The van der Waals surface area contributed by atoms with Crippen LogP contribution in [0.15, 0.2) is 24.3 Å².